The summed E-state index contributed by atoms with van der Waals surface area (Å²) >= 11 is 0. The molecular weight excluding hydrogens is 190 g/mol. The first-order valence-electron chi connectivity index (χ1n) is 6.14. The van der Waals surface area contributed by atoms with Crippen LogP contribution < -0.4 is 0 Å². The molecule has 0 amide bonds. The van der Waals surface area contributed by atoms with Crippen molar-refractivity contribution in [3.05, 3.63) is 0 Å². The summed E-state index contributed by atoms with van der Waals surface area (Å²) in [5, 5.41) is 9.00. The van der Waals surface area contributed by atoms with Gasteiger partial charge in [-0.1, -0.05) is 26.2 Å². The second-order valence-corrected chi connectivity index (χ2v) is 4.38. The number of Topliss-reactive ketones (excluding diaryl/α,β-unsaturated/α-hetero) is 1. The van der Waals surface area contributed by atoms with Crippen molar-refractivity contribution in [3.8, 4) is 0 Å². The Balaban J connectivity index is 2.43. The lowest BCUT2D eigenvalue weighted by Gasteiger charge is -2.33. The number of aliphatic hydroxyl groups is 1. The van der Waals surface area contributed by atoms with Crippen molar-refractivity contribution >= 4 is 5.78 Å². The lowest BCUT2D eigenvalue weighted by Crippen LogP contribution is -2.41. The number of carbonyl (C=O) groups excluding carboxylic acids is 1. The zero-order valence-corrected chi connectivity index (χ0v) is 9.74. The summed E-state index contributed by atoms with van der Waals surface area (Å²) in [5.41, 5.74) is 0. The van der Waals surface area contributed by atoms with Crippen molar-refractivity contribution in [3.63, 3.8) is 0 Å². The van der Waals surface area contributed by atoms with Gasteiger partial charge >= 0.3 is 0 Å². The van der Waals surface area contributed by atoms with Crippen LogP contribution in [0, 0.1) is 0 Å². The number of carbonyl (C=O) groups is 1. The smallest absolute Gasteiger partial charge is 0.146 e. The Labute approximate surface area is 92.5 Å². The molecular formula is C12H23NO2. The number of hydrogen-bond donors (Lipinski definition) is 1. The van der Waals surface area contributed by atoms with E-state index >= 15 is 0 Å². The highest BCUT2D eigenvalue weighted by Crippen LogP contribution is 2.22. The van der Waals surface area contributed by atoms with Crippen molar-refractivity contribution in [2.75, 3.05) is 19.7 Å². The summed E-state index contributed by atoms with van der Waals surface area (Å²) in [5.74, 6) is 0.286. The summed E-state index contributed by atoms with van der Waals surface area (Å²) in [6, 6.07) is 0.529. The van der Waals surface area contributed by atoms with Gasteiger partial charge in [0.2, 0.25) is 0 Å². The largest absolute Gasteiger partial charge is 0.395 e. The highest BCUT2D eigenvalue weighted by molar-refractivity contribution is 5.80. The Morgan fingerprint density at radius 3 is 2.53 bits per heavy atom. The molecule has 1 rings (SSSR count). The average molecular weight is 213 g/mol. The van der Waals surface area contributed by atoms with Crippen LogP contribution in [0.1, 0.15) is 45.4 Å². The lowest BCUT2D eigenvalue weighted by molar-refractivity contribution is -0.120. The van der Waals surface area contributed by atoms with Crippen LogP contribution in [0.2, 0.25) is 0 Å². The minimum Gasteiger partial charge on any atom is -0.395 e. The molecule has 1 aliphatic rings. The van der Waals surface area contributed by atoms with Crippen LogP contribution in [-0.4, -0.2) is 41.5 Å². The third kappa shape index (κ3) is 4.31. The molecule has 0 aromatic carbocycles. The van der Waals surface area contributed by atoms with Crippen LogP contribution in [-0.2, 0) is 4.79 Å². The van der Waals surface area contributed by atoms with Gasteiger partial charge in [-0.05, 0) is 12.8 Å². The van der Waals surface area contributed by atoms with E-state index in [4.69, 9.17) is 5.11 Å². The van der Waals surface area contributed by atoms with Crippen molar-refractivity contribution < 1.29 is 9.90 Å². The van der Waals surface area contributed by atoms with Crippen LogP contribution >= 0.6 is 0 Å². The number of hydrogen-bond acceptors (Lipinski definition) is 3. The van der Waals surface area contributed by atoms with Gasteiger partial charge in [0.05, 0.1) is 13.2 Å². The monoisotopic (exact) mass is 213 g/mol. The number of nitrogens with zero attached hydrogens (tertiary/aromatic N) is 1. The van der Waals surface area contributed by atoms with E-state index in [0.29, 0.717) is 25.6 Å². The van der Waals surface area contributed by atoms with E-state index in [2.05, 4.69) is 4.90 Å². The molecule has 3 nitrogen and oxygen atoms in total. The quantitative estimate of drug-likeness (QED) is 0.728. The van der Waals surface area contributed by atoms with E-state index in [0.717, 1.165) is 0 Å². The maximum Gasteiger partial charge on any atom is 0.146 e. The predicted octanol–water partition coefficient (Wildman–Crippen LogP) is 1.59. The Kier molecular flexibility index (Phi) is 5.88. The molecule has 0 radical (unpaired) electrons. The molecule has 0 heterocycles. The fourth-order valence-electron chi connectivity index (χ4n) is 2.30. The molecule has 0 aromatic rings. The fourth-order valence-corrected chi connectivity index (χ4v) is 2.30. The van der Waals surface area contributed by atoms with Gasteiger partial charge in [-0.15, -0.1) is 0 Å². The molecule has 1 aliphatic carbocycles. The van der Waals surface area contributed by atoms with Crippen molar-refractivity contribution in [2.24, 2.45) is 0 Å². The normalized spacial score (nSPS) is 18.3. The Morgan fingerprint density at radius 1 is 1.33 bits per heavy atom. The topological polar surface area (TPSA) is 40.5 Å². The van der Waals surface area contributed by atoms with Crippen LogP contribution in [0.5, 0.6) is 0 Å². The molecule has 0 saturated heterocycles. The molecule has 1 saturated carbocycles. The van der Waals surface area contributed by atoms with E-state index in [-0.39, 0.29) is 12.4 Å². The zero-order valence-electron chi connectivity index (χ0n) is 9.74. The van der Waals surface area contributed by atoms with Crippen LogP contribution in [0.3, 0.4) is 0 Å². The predicted molar refractivity (Wildman–Crippen MR) is 60.8 cm³/mol. The van der Waals surface area contributed by atoms with Gasteiger partial charge in [0.15, 0.2) is 0 Å². The van der Waals surface area contributed by atoms with Crippen molar-refractivity contribution in [1.82, 2.24) is 4.90 Å². The van der Waals surface area contributed by atoms with E-state index in [1.165, 1.54) is 32.1 Å². The third-order valence-electron chi connectivity index (χ3n) is 3.25. The summed E-state index contributed by atoms with van der Waals surface area (Å²) in [7, 11) is 0. The number of rotatable bonds is 6. The van der Waals surface area contributed by atoms with E-state index in [1.807, 2.05) is 6.92 Å². The molecule has 0 spiro atoms. The Morgan fingerprint density at radius 2 is 2.00 bits per heavy atom. The number of ketones is 1. The molecule has 1 fully saturated rings. The first kappa shape index (κ1) is 12.7. The lowest BCUT2D eigenvalue weighted by atomic mass is 9.94. The average Bonchev–Trinajstić information content (AvgIpc) is 2.29. The van der Waals surface area contributed by atoms with Gasteiger partial charge in [0, 0.05) is 19.0 Å². The summed E-state index contributed by atoms with van der Waals surface area (Å²) in [6.07, 6.45) is 6.85. The number of aliphatic hydroxyl groups excluding tert-OH is 1. The van der Waals surface area contributed by atoms with Gasteiger partial charge in [-0.25, -0.2) is 0 Å². The molecule has 0 aromatic heterocycles. The zero-order chi connectivity index (χ0) is 11.1. The Bertz CT molecular complexity index is 188. The molecule has 88 valence electrons. The van der Waals surface area contributed by atoms with Gasteiger partial charge in [-0.3, -0.25) is 9.69 Å². The van der Waals surface area contributed by atoms with E-state index < -0.39 is 0 Å². The van der Waals surface area contributed by atoms with Crippen molar-refractivity contribution in [1.29, 1.82) is 0 Å². The second kappa shape index (κ2) is 6.96. The van der Waals surface area contributed by atoms with Gasteiger partial charge in [-0.2, -0.15) is 0 Å². The molecule has 3 heteroatoms. The molecule has 1 N–H and O–H groups in total. The summed E-state index contributed by atoms with van der Waals surface area (Å²) in [4.78, 5) is 13.6. The highest BCUT2D eigenvalue weighted by atomic mass is 16.3. The SMILES string of the molecule is CCC(=O)CN(CCO)C1CCCCC1. The Hall–Kier alpha value is -0.410. The molecule has 0 aliphatic heterocycles. The molecule has 0 atom stereocenters. The molecule has 0 bridgehead atoms. The first-order chi connectivity index (χ1) is 7.27. The third-order valence-corrected chi connectivity index (χ3v) is 3.25. The highest BCUT2D eigenvalue weighted by Gasteiger charge is 2.21. The minimum absolute atomic E-state index is 0.160. The summed E-state index contributed by atoms with van der Waals surface area (Å²) < 4.78 is 0. The molecule has 0 unspecified atom stereocenters. The second-order valence-electron chi connectivity index (χ2n) is 4.38. The minimum atomic E-state index is 0.160. The van der Waals surface area contributed by atoms with Gasteiger partial charge in [0.25, 0.3) is 0 Å². The molecule has 15 heavy (non-hydrogen) atoms. The van der Waals surface area contributed by atoms with Crippen molar-refractivity contribution in [2.45, 2.75) is 51.5 Å². The van der Waals surface area contributed by atoms with E-state index in [9.17, 15) is 4.79 Å². The fraction of sp³-hybridized carbons (Fsp3) is 0.917. The standard InChI is InChI=1S/C12H23NO2/c1-2-12(15)10-13(8-9-14)11-6-4-3-5-7-11/h11,14H,2-10H2,1H3. The maximum absolute atomic E-state index is 11.4. The van der Waals surface area contributed by atoms with Crippen LogP contribution in [0.4, 0.5) is 0 Å². The van der Waals surface area contributed by atoms with Gasteiger partial charge in [0.1, 0.15) is 5.78 Å². The van der Waals surface area contributed by atoms with Crippen LogP contribution in [0.25, 0.3) is 0 Å². The maximum atomic E-state index is 11.4. The van der Waals surface area contributed by atoms with Crippen LogP contribution in [0.15, 0.2) is 0 Å². The first-order valence-corrected chi connectivity index (χ1v) is 6.14. The summed E-state index contributed by atoms with van der Waals surface area (Å²) in [6.45, 7) is 3.24. The van der Waals surface area contributed by atoms with Gasteiger partial charge < -0.3 is 5.11 Å². The van der Waals surface area contributed by atoms with E-state index in [1.54, 1.807) is 0 Å².